The minimum absolute atomic E-state index is 0.0390. The SMILES string of the molecule is CCC(C)NC(=O)C(C)N(Cc1ccc(Cl)c(Cl)c1)C(=O)Cc1c(F)cccc1Cl. The molecular formula is C22H24Cl3FN2O2. The first kappa shape index (κ1) is 24.4. The topological polar surface area (TPSA) is 49.4 Å². The first-order valence-electron chi connectivity index (χ1n) is 9.60. The van der Waals surface area contributed by atoms with Crippen molar-refractivity contribution in [2.24, 2.45) is 0 Å². The average molecular weight is 474 g/mol. The van der Waals surface area contributed by atoms with Gasteiger partial charge in [0.05, 0.1) is 16.5 Å². The van der Waals surface area contributed by atoms with Gasteiger partial charge in [0.15, 0.2) is 0 Å². The Labute approximate surface area is 191 Å². The Kier molecular flexibility index (Phi) is 8.95. The number of carbonyl (C=O) groups excluding carboxylic acids is 2. The van der Waals surface area contributed by atoms with E-state index < -0.39 is 17.8 Å². The molecule has 2 atom stereocenters. The number of nitrogens with zero attached hydrogens (tertiary/aromatic N) is 1. The van der Waals surface area contributed by atoms with E-state index in [0.717, 1.165) is 6.42 Å². The fourth-order valence-corrected chi connectivity index (χ4v) is 3.39. The van der Waals surface area contributed by atoms with Crippen LogP contribution in [0.2, 0.25) is 15.1 Å². The lowest BCUT2D eigenvalue weighted by atomic mass is 10.1. The number of nitrogens with one attached hydrogen (secondary N) is 1. The van der Waals surface area contributed by atoms with E-state index in [4.69, 9.17) is 34.8 Å². The molecule has 0 bridgehead atoms. The van der Waals surface area contributed by atoms with Crippen LogP contribution in [0.4, 0.5) is 4.39 Å². The Morgan fingerprint density at radius 1 is 1.07 bits per heavy atom. The van der Waals surface area contributed by atoms with Gasteiger partial charge in [0, 0.05) is 23.2 Å². The third kappa shape index (κ3) is 6.34. The van der Waals surface area contributed by atoms with Gasteiger partial charge in [-0.25, -0.2) is 4.39 Å². The molecule has 0 aliphatic rings. The monoisotopic (exact) mass is 472 g/mol. The van der Waals surface area contributed by atoms with Crippen LogP contribution in [0.1, 0.15) is 38.3 Å². The highest BCUT2D eigenvalue weighted by atomic mass is 35.5. The van der Waals surface area contributed by atoms with Crippen molar-refractivity contribution in [2.75, 3.05) is 0 Å². The second-order valence-corrected chi connectivity index (χ2v) is 8.36. The van der Waals surface area contributed by atoms with Gasteiger partial charge in [0.25, 0.3) is 0 Å². The number of benzene rings is 2. The van der Waals surface area contributed by atoms with E-state index in [1.165, 1.54) is 23.1 Å². The molecule has 0 heterocycles. The zero-order valence-corrected chi connectivity index (χ0v) is 19.3. The lowest BCUT2D eigenvalue weighted by molar-refractivity contribution is -0.140. The van der Waals surface area contributed by atoms with Gasteiger partial charge >= 0.3 is 0 Å². The largest absolute Gasteiger partial charge is 0.352 e. The maximum Gasteiger partial charge on any atom is 0.242 e. The number of halogens is 4. The maximum atomic E-state index is 14.2. The summed E-state index contributed by atoms with van der Waals surface area (Å²) in [5, 5.41) is 3.77. The van der Waals surface area contributed by atoms with E-state index >= 15 is 0 Å². The van der Waals surface area contributed by atoms with Crippen LogP contribution in [-0.4, -0.2) is 28.8 Å². The Morgan fingerprint density at radius 2 is 1.77 bits per heavy atom. The summed E-state index contributed by atoms with van der Waals surface area (Å²) >= 11 is 18.2. The van der Waals surface area contributed by atoms with Gasteiger partial charge in [-0.05, 0) is 50.1 Å². The third-order valence-electron chi connectivity index (χ3n) is 4.89. The van der Waals surface area contributed by atoms with Crippen LogP contribution in [0, 0.1) is 5.82 Å². The van der Waals surface area contributed by atoms with E-state index in [2.05, 4.69) is 5.32 Å². The van der Waals surface area contributed by atoms with E-state index in [9.17, 15) is 14.0 Å². The van der Waals surface area contributed by atoms with E-state index in [1.807, 2.05) is 13.8 Å². The molecule has 4 nitrogen and oxygen atoms in total. The van der Waals surface area contributed by atoms with Crippen molar-refractivity contribution >= 4 is 46.6 Å². The van der Waals surface area contributed by atoms with Crippen molar-refractivity contribution in [3.05, 3.63) is 68.4 Å². The smallest absolute Gasteiger partial charge is 0.242 e. The normalized spacial score (nSPS) is 12.9. The molecule has 2 unspecified atom stereocenters. The predicted octanol–water partition coefficient (Wildman–Crippen LogP) is 5.66. The molecule has 0 radical (unpaired) electrons. The molecule has 0 aromatic heterocycles. The fraction of sp³-hybridized carbons (Fsp3) is 0.364. The summed E-state index contributed by atoms with van der Waals surface area (Å²) in [6.07, 6.45) is 0.484. The van der Waals surface area contributed by atoms with Gasteiger partial charge in [-0.1, -0.05) is 53.9 Å². The van der Waals surface area contributed by atoms with Gasteiger partial charge < -0.3 is 10.2 Å². The molecule has 2 rings (SSSR count). The minimum atomic E-state index is -0.786. The molecule has 8 heteroatoms. The maximum absolute atomic E-state index is 14.2. The Morgan fingerprint density at radius 3 is 2.37 bits per heavy atom. The minimum Gasteiger partial charge on any atom is -0.352 e. The van der Waals surface area contributed by atoms with Gasteiger partial charge in [-0.15, -0.1) is 0 Å². The van der Waals surface area contributed by atoms with Gasteiger partial charge in [-0.3, -0.25) is 9.59 Å². The van der Waals surface area contributed by atoms with Crippen LogP contribution in [-0.2, 0) is 22.6 Å². The molecule has 162 valence electrons. The summed E-state index contributed by atoms with van der Waals surface area (Å²) in [5.41, 5.74) is 0.790. The number of amides is 2. The van der Waals surface area contributed by atoms with Crippen LogP contribution in [0.5, 0.6) is 0 Å². The van der Waals surface area contributed by atoms with Crippen molar-refractivity contribution < 1.29 is 14.0 Å². The predicted molar refractivity (Wildman–Crippen MR) is 119 cm³/mol. The number of carbonyl (C=O) groups is 2. The molecule has 0 aliphatic heterocycles. The summed E-state index contributed by atoms with van der Waals surface area (Å²) in [7, 11) is 0. The Balaban J connectivity index is 2.32. The zero-order valence-electron chi connectivity index (χ0n) is 17.0. The Bertz CT molecular complexity index is 903. The van der Waals surface area contributed by atoms with Crippen molar-refractivity contribution in [2.45, 2.75) is 52.2 Å². The summed E-state index contributed by atoms with van der Waals surface area (Å²) in [5.74, 6) is -1.29. The quantitative estimate of drug-likeness (QED) is 0.538. The molecule has 30 heavy (non-hydrogen) atoms. The first-order valence-corrected chi connectivity index (χ1v) is 10.7. The van der Waals surface area contributed by atoms with Crippen molar-refractivity contribution in [1.29, 1.82) is 0 Å². The molecule has 0 fully saturated rings. The standard InChI is InChI=1S/C22H24Cl3FN2O2/c1-4-13(2)27-22(30)14(3)28(12-15-8-9-18(24)19(25)10-15)21(29)11-16-17(23)6-5-7-20(16)26/h5-10,13-14H,4,11-12H2,1-3H3,(H,27,30). The molecule has 2 aromatic rings. The molecule has 0 spiro atoms. The van der Waals surface area contributed by atoms with Crippen LogP contribution in [0.3, 0.4) is 0 Å². The molecule has 2 amide bonds. The van der Waals surface area contributed by atoms with Gasteiger partial charge in [0.1, 0.15) is 11.9 Å². The van der Waals surface area contributed by atoms with Crippen molar-refractivity contribution in [3.63, 3.8) is 0 Å². The summed E-state index contributed by atoms with van der Waals surface area (Å²) in [4.78, 5) is 27.2. The van der Waals surface area contributed by atoms with Crippen LogP contribution >= 0.6 is 34.8 Å². The molecular weight excluding hydrogens is 450 g/mol. The highest BCUT2D eigenvalue weighted by molar-refractivity contribution is 6.42. The van der Waals surface area contributed by atoms with Gasteiger partial charge in [0.2, 0.25) is 11.8 Å². The fourth-order valence-electron chi connectivity index (χ4n) is 2.84. The molecule has 2 aromatic carbocycles. The summed E-state index contributed by atoms with van der Waals surface area (Å²) in [6, 6.07) is 8.41. The van der Waals surface area contributed by atoms with Crippen LogP contribution in [0.15, 0.2) is 36.4 Å². The second kappa shape index (κ2) is 11.0. The summed E-state index contributed by atoms with van der Waals surface area (Å²) in [6.45, 7) is 5.58. The van der Waals surface area contributed by atoms with E-state index in [0.29, 0.717) is 15.6 Å². The van der Waals surface area contributed by atoms with Crippen LogP contribution < -0.4 is 5.32 Å². The zero-order chi connectivity index (χ0) is 22.4. The lowest BCUT2D eigenvalue weighted by Gasteiger charge is -2.30. The number of hydrogen-bond donors (Lipinski definition) is 1. The van der Waals surface area contributed by atoms with Gasteiger partial charge in [-0.2, -0.15) is 0 Å². The van der Waals surface area contributed by atoms with E-state index in [-0.39, 0.29) is 35.5 Å². The number of hydrogen-bond acceptors (Lipinski definition) is 2. The first-order chi connectivity index (χ1) is 14.1. The highest BCUT2D eigenvalue weighted by Crippen LogP contribution is 2.25. The third-order valence-corrected chi connectivity index (χ3v) is 5.99. The highest BCUT2D eigenvalue weighted by Gasteiger charge is 2.28. The lowest BCUT2D eigenvalue weighted by Crippen LogP contribution is -2.50. The van der Waals surface area contributed by atoms with Crippen LogP contribution in [0.25, 0.3) is 0 Å². The average Bonchev–Trinajstić information content (AvgIpc) is 2.70. The molecule has 1 N–H and O–H groups in total. The Hall–Kier alpha value is -1.82. The number of rotatable bonds is 8. The summed E-state index contributed by atoms with van der Waals surface area (Å²) < 4.78 is 14.2. The molecule has 0 aliphatic carbocycles. The van der Waals surface area contributed by atoms with Crippen molar-refractivity contribution in [1.82, 2.24) is 10.2 Å². The molecule has 0 saturated carbocycles. The second-order valence-electron chi connectivity index (χ2n) is 7.14. The molecule has 0 saturated heterocycles. The van der Waals surface area contributed by atoms with E-state index in [1.54, 1.807) is 25.1 Å². The van der Waals surface area contributed by atoms with Crippen molar-refractivity contribution in [3.8, 4) is 0 Å².